The Hall–Kier alpha value is -4.26. The maximum Gasteiger partial charge on any atom is 0.295 e. The van der Waals surface area contributed by atoms with Gasteiger partial charge in [-0.1, -0.05) is 50.2 Å². The van der Waals surface area contributed by atoms with E-state index >= 15 is 0 Å². The lowest BCUT2D eigenvalue weighted by molar-refractivity contribution is -0.140. The molecule has 198 valence electrons. The van der Waals surface area contributed by atoms with Crippen LogP contribution >= 0.6 is 0 Å². The number of ketones is 1. The lowest BCUT2D eigenvalue weighted by atomic mass is 9.95. The van der Waals surface area contributed by atoms with Gasteiger partial charge in [-0.05, 0) is 60.4 Å². The van der Waals surface area contributed by atoms with E-state index in [9.17, 15) is 14.7 Å². The number of aliphatic hydroxyl groups excluding tert-OH is 1. The summed E-state index contributed by atoms with van der Waals surface area (Å²) in [5.74, 6) is 0.629. The van der Waals surface area contributed by atoms with Crippen molar-refractivity contribution in [3.05, 3.63) is 95.1 Å². The summed E-state index contributed by atoms with van der Waals surface area (Å²) < 4.78 is 16.6. The highest BCUT2D eigenvalue weighted by atomic mass is 16.5. The molecule has 1 N–H and O–H groups in total. The molecular weight excluding hydrogens is 482 g/mol. The lowest BCUT2D eigenvalue weighted by Gasteiger charge is -2.25. The quantitative estimate of drug-likeness (QED) is 0.210. The van der Waals surface area contributed by atoms with Gasteiger partial charge in [0.25, 0.3) is 11.7 Å². The van der Waals surface area contributed by atoms with Crippen molar-refractivity contribution < 1.29 is 28.9 Å². The van der Waals surface area contributed by atoms with Crippen molar-refractivity contribution in [1.29, 1.82) is 0 Å². The van der Waals surface area contributed by atoms with Gasteiger partial charge in [-0.3, -0.25) is 9.59 Å². The number of hydrogen-bond donors (Lipinski definition) is 1. The van der Waals surface area contributed by atoms with Crippen molar-refractivity contribution >= 4 is 17.4 Å². The molecule has 1 aliphatic rings. The van der Waals surface area contributed by atoms with E-state index in [1.54, 1.807) is 55.6 Å². The number of methoxy groups -OCH3 is 1. The average Bonchev–Trinajstić information content (AvgIpc) is 3.17. The largest absolute Gasteiger partial charge is 0.507 e. The molecule has 4 rings (SSSR count). The van der Waals surface area contributed by atoms with Crippen LogP contribution in [0.15, 0.2) is 78.4 Å². The monoisotopic (exact) mass is 515 g/mol. The standard InChI is InChI=1S/C31H33NO6/c1-5-37-25-13-9-21(10-14-25)18-32-28(22-11-15-24(36-4)16-12-22)27(30(34)31(32)35)29(33)23-7-6-8-26(17-23)38-19-20(2)3/h6-17,20,28,33H,5,18-19H2,1-4H3/b29-27-. The number of aliphatic hydroxyl groups is 1. The van der Waals surface area contributed by atoms with Crippen LogP contribution in [0.3, 0.4) is 0 Å². The zero-order valence-corrected chi connectivity index (χ0v) is 22.1. The molecule has 0 aromatic heterocycles. The van der Waals surface area contributed by atoms with E-state index < -0.39 is 17.7 Å². The van der Waals surface area contributed by atoms with Gasteiger partial charge in [-0.2, -0.15) is 0 Å². The molecule has 1 fully saturated rings. The Bertz CT molecular complexity index is 1310. The number of hydrogen-bond acceptors (Lipinski definition) is 6. The van der Waals surface area contributed by atoms with Crippen molar-refractivity contribution in [2.24, 2.45) is 5.92 Å². The number of carbonyl (C=O) groups is 2. The van der Waals surface area contributed by atoms with Crippen LogP contribution in [0.1, 0.15) is 43.5 Å². The minimum absolute atomic E-state index is 0.0344. The first-order valence-electron chi connectivity index (χ1n) is 12.7. The van der Waals surface area contributed by atoms with E-state index in [0.717, 1.165) is 11.3 Å². The van der Waals surface area contributed by atoms with Gasteiger partial charge in [0.05, 0.1) is 31.9 Å². The van der Waals surface area contributed by atoms with Crippen molar-refractivity contribution in [1.82, 2.24) is 4.90 Å². The number of ether oxygens (including phenoxy) is 3. The minimum atomic E-state index is -0.785. The predicted octanol–water partition coefficient (Wildman–Crippen LogP) is 5.75. The summed E-state index contributed by atoms with van der Waals surface area (Å²) in [6, 6.07) is 20.7. The van der Waals surface area contributed by atoms with Crippen LogP contribution in [0.5, 0.6) is 17.2 Å². The van der Waals surface area contributed by atoms with E-state index in [1.165, 1.54) is 4.90 Å². The van der Waals surface area contributed by atoms with Crippen LogP contribution in [0, 0.1) is 5.92 Å². The summed E-state index contributed by atoms with van der Waals surface area (Å²) in [6.07, 6.45) is 0. The normalized spacial score (nSPS) is 16.7. The number of Topliss-reactive ketones (excluding diaryl/α,β-unsaturated/α-hetero) is 1. The summed E-state index contributed by atoms with van der Waals surface area (Å²) in [4.78, 5) is 28.2. The maximum absolute atomic E-state index is 13.4. The number of rotatable bonds is 10. The average molecular weight is 516 g/mol. The van der Waals surface area contributed by atoms with Gasteiger partial charge in [-0.25, -0.2) is 0 Å². The molecule has 3 aromatic carbocycles. The zero-order valence-electron chi connectivity index (χ0n) is 22.1. The Morgan fingerprint density at radius 3 is 2.24 bits per heavy atom. The molecule has 0 saturated carbocycles. The summed E-state index contributed by atoms with van der Waals surface area (Å²) in [7, 11) is 1.57. The van der Waals surface area contributed by atoms with Gasteiger partial charge in [0.1, 0.15) is 23.0 Å². The Morgan fingerprint density at radius 2 is 1.61 bits per heavy atom. The molecule has 1 saturated heterocycles. The highest BCUT2D eigenvalue weighted by molar-refractivity contribution is 6.46. The van der Waals surface area contributed by atoms with E-state index in [1.807, 2.05) is 45.0 Å². The molecule has 38 heavy (non-hydrogen) atoms. The van der Waals surface area contributed by atoms with Crippen LogP contribution in [0.2, 0.25) is 0 Å². The highest BCUT2D eigenvalue weighted by Crippen LogP contribution is 2.41. The number of carbonyl (C=O) groups excluding carboxylic acids is 2. The lowest BCUT2D eigenvalue weighted by Crippen LogP contribution is -2.29. The Kier molecular flexibility index (Phi) is 8.36. The molecule has 7 nitrogen and oxygen atoms in total. The first-order chi connectivity index (χ1) is 18.3. The minimum Gasteiger partial charge on any atom is -0.507 e. The third-order valence-electron chi connectivity index (χ3n) is 6.25. The second kappa shape index (κ2) is 11.9. The predicted molar refractivity (Wildman–Crippen MR) is 145 cm³/mol. The van der Waals surface area contributed by atoms with E-state index in [2.05, 4.69) is 0 Å². The Labute approximate surface area is 223 Å². The Morgan fingerprint density at radius 1 is 0.921 bits per heavy atom. The van der Waals surface area contributed by atoms with E-state index in [-0.39, 0.29) is 17.9 Å². The highest BCUT2D eigenvalue weighted by Gasteiger charge is 2.46. The van der Waals surface area contributed by atoms with Gasteiger partial charge in [0.15, 0.2) is 0 Å². The molecule has 0 bridgehead atoms. The summed E-state index contributed by atoms with van der Waals surface area (Å²) in [6.45, 7) is 7.25. The SMILES string of the molecule is CCOc1ccc(CN2C(=O)C(=O)/C(=C(\O)c3cccc(OCC(C)C)c3)C2c2ccc(OC)cc2)cc1. The number of amides is 1. The maximum atomic E-state index is 13.4. The second-order valence-corrected chi connectivity index (χ2v) is 9.51. The van der Waals surface area contributed by atoms with Gasteiger partial charge in [-0.15, -0.1) is 0 Å². The molecule has 0 aliphatic carbocycles. The fourth-order valence-corrected chi connectivity index (χ4v) is 4.38. The fourth-order valence-electron chi connectivity index (χ4n) is 4.38. The van der Waals surface area contributed by atoms with E-state index in [0.29, 0.717) is 41.8 Å². The van der Waals surface area contributed by atoms with Crippen molar-refractivity contribution in [3.63, 3.8) is 0 Å². The van der Waals surface area contributed by atoms with Crippen LogP contribution in [-0.2, 0) is 16.1 Å². The molecule has 3 aromatic rings. The molecule has 0 radical (unpaired) electrons. The van der Waals surface area contributed by atoms with Crippen molar-refractivity contribution in [3.8, 4) is 17.2 Å². The third-order valence-corrected chi connectivity index (χ3v) is 6.25. The molecule has 1 unspecified atom stereocenters. The Balaban J connectivity index is 1.76. The third kappa shape index (κ3) is 5.83. The van der Waals surface area contributed by atoms with Crippen molar-refractivity contribution in [2.45, 2.75) is 33.4 Å². The summed E-state index contributed by atoms with van der Waals surface area (Å²) in [5, 5.41) is 11.4. The second-order valence-electron chi connectivity index (χ2n) is 9.51. The molecular formula is C31H33NO6. The number of nitrogens with zero attached hydrogens (tertiary/aromatic N) is 1. The van der Waals surface area contributed by atoms with Crippen LogP contribution in [-0.4, -0.2) is 42.0 Å². The molecule has 1 aliphatic heterocycles. The van der Waals surface area contributed by atoms with E-state index in [4.69, 9.17) is 14.2 Å². The van der Waals surface area contributed by atoms with Crippen LogP contribution in [0.4, 0.5) is 0 Å². The van der Waals surface area contributed by atoms with Gasteiger partial charge in [0, 0.05) is 12.1 Å². The molecule has 0 spiro atoms. The summed E-state index contributed by atoms with van der Waals surface area (Å²) in [5.41, 5.74) is 1.96. The van der Waals surface area contributed by atoms with Gasteiger partial charge < -0.3 is 24.2 Å². The van der Waals surface area contributed by atoms with Crippen molar-refractivity contribution in [2.75, 3.05) is 20.3 Å². The zero-order chi connectivity index (χ0) is 27.2. The fraction of sp³-hybridized carbons (Fsp3) is 0.290. The van der Waals surface area contributed by atoms with Gasteiger partial charge in [0.2, 0.25) is 0 Å². The number of likely N-dealkylation sites (tertiary alicyclic amines) is 1. The van der Waals surface area contributed by atoms with Gasteiger partial charge >= 0.3 is 0 Å². The first-order valence-corrected chi connectivity index (χ1v) is 12.7. The molecule has 1 amide bonds. The summed E-state index contributed by atoms with van der Waals surface area (Å²) >= 11 is 0. The topological polar surface area (TPSA) is 85.3 Å². The molecule has 1 atom stereocenters. The molecule has 1 heterocycles. The first kappa shape index (κ1) is 26.8. The van der Waals surface area contributed by atoms with Crippen LogP contribution < -0.4 is 14.2 Å². The number of benzene rings is 3. The smallest absolute Gasteiger partial charge is 0.295 e. The van der Waals surface area contributed by atoms with Crippen LogP contribution in [0.25, 0.3) is 5.76 Å². The molecule has 7 heteroatoms.